The van der Waals surface area contributed by atoms with Gasteiger partial charge in [-0.05, 0) is 80.5 Å². The highest BCUT2D eigenvalue weighted by molar-refractivity contribution is 5.27. The average molecular weight is 479 g/mol. The van der Waals surface area contributed by atoms with Crippen molar-refractivity contribution in [3.8, 4) is 5.75 Å². The standard InChI is InChI=1S/C32H50N2O/c1-3-5-7-8-9-10-11-13-14-27-18-22-31(23-19-27)35-26-28-16-20-30(21-17-28)32-33-24-29(25-34-32)15-12-6-4-2/h18-19,22-25,28,30H,3-17,20-21,26H2,1-2H3/t28-,30-. The van der Waals surface area contributed by atoms with E-state index in [1.54, 1.807) is 0 Å². The Labute approximate surface area is 215 Å². The first-order valence-electron chi connectivity index (χ1n) is 14.8. The second kappa shape index (κ2) is 16.7. The van der Waals surface area contributed by atoms with Crippen LogP contribution in [0, 0.1) is 5.92 Å². The molecule has 3 rings (SSSR count). The monoisotopic (exact) mass is 478 g/mol. The molecule has 0 atom stereocenters. The molecular formula is C32H50N2O. The number of hydrogen-bond donors (Lipinski definition) is 0. The molecule has 0 amide bonds. The van der Waals surface area contributed by atoms with Gasteiger partial charge in [-0.2, -0.15) is 0 Å². The molecule has 0 saturated heterocycles. The van der Waals surface area contributed by atoms with Crippen molar-refractivity contribution in [2.24, 2.45) is 5.92 Å². The fourth-order valence-electron chi connectivity index (χ4n) is 5.30. The van der Waals surface area contributed by atoms with Crippen LogP contribution >= 0.6 is 0 Å². The zero-order chi connectivity index (χ0) is 24.6. The van der Waals surface area contributed by atoms with E-state index in [0.717, 1.165) is 24.6 Å². The summed E-state index contributed by atoms with van der Waals surface area (Å²) >= 11 is 0. The molecule has 3 nitrogen and oxygen atoms in total. The van der Waals surface area contributed by atoms with Crippen LogP contribution < -0.4 is 4.74 Å². The van der Waals surface area contributed by atoms with Crippen LogP contribution in [0.15, 0.2) is 36.7 Å². The van der Waals surface area contributed by atoms with Crippen molar-refractivity contribution in [2.75, 3.05) is 6.61 Å². The third kappa shape index (κ3) is 10.7. The maximum atomic E-state index is 6.16. The van der Waals surface area contributed by atoms with E-state index in [4.69, 9.17) is 14.7 Å². The maximum absolute atomic E-state index is 6.16. The van der Waals surface area contributed by atoms with E-state index in [2.05, 4.69) is 50.5 Å². The summed E-state index contributed by atoms with van der Waals surface area (Å²) in [6.07, 6.45) is 26.1. The van der Waals surface area contributed by atoms with Crippen molar-refractivity contribution in [3.63, 3.8) is 0 Å². The van der Waals surface area contributed by atoms with Crippen LogP contribution in [0.5, 0.6) is 5.75 Å². The highest BCUT2D eigenvalue weighted by Crippen LogP contribution is 2.34. The van der Waals surface area contributed by atoms with E-state index in [1.165, 1.54) is 114 Å². The Kier molecular flexibility index (Phi) is 13.2. The molecule has 35 heavy (non-hydrogen) atoms. The minimum atomic E-state index is 0.520. The van der Waals surface area contributed by atoms with Crippen molar-refractivity contribution < 1.29 is 4.74 Å². The topological polar surface area (TPSA) is 35.0 Å². The summed E-state index contributed by atoms with van der Waals surface area (Å²) in [6, 6.07) is 8.86. The third-order valence-electron chi connectivity index (χ3n) is 7.73. The van der Waals surface area contributed by atoms with Crippen LogP contribution in [-0.2, 0) is 12.8 Å². The van der Waals surface area contributed by atoms with Gasteiger partial charge < -0.3 is 4.74 Å². The molecule has 194 valence electrons. The number of aryl methyl sites for hydroxylation is 2. The van der Waals surface area contributed by atoms with E-state index in [9.17, 15) is 0 Å². The van der Waals surface area contributed by atoms with Crippen LogP contribution in [0.2, 0.25) is 0 Å². The van der Waals surface area contributed by atoms with Crippen LogP contribution in [-0.4, -0.2) is 16.6 Å². The van der Waals surface area contributed by atoms with Gasteiger partial charge in [0.2, 0.25) is 0 Å². The molecule has 2 aromatic rings. The molecule has 1 aliphatic rings. The van der Waals surface area contributed by atoms with Gasteiger partial charge in [-0.3, -0.25) is 0 Å². The van der Waals surface area contributed by atoms with Crippen LogP contribution in [0.3, 0.4) is 0 Å². The van der Waals surface area contributed by atoms with Gasteiger partial charge in [-0.25, -0.2) is 9.97 Å². The minimum absolute atomic E-state index is 0.520. The van der Waals surface area contributed by atoms with Gasteiger partial charge in [0.1, 0.15) is 11.6 Å². The number of aromatic nitrogens is 2. The van der Waals surface area contributed by atoms with Crippen molar-refractivity contribution in [1.29, 1.82) is 0 Å². The lowest BCUT2D eigenvalue weighted by molar-refractivity contribution is 0.198. The number of ether oxygens (including phenoxy) is 1. The fraction of sp³-hybridized carbons (Fsp3) is 0.688. The van der Waals surface area contributed by atoms with Crippen molar-refractivity contribution in [3.05, 3.63) is 53.6 Å². The van der Waals surface area contributed by atoms with Gasteiger partial charge in [0.15, 0.2) is 0 Å². The molecule has 1 aromatic heterocycles. The minimum Gasteiger partial charge on any atom is -0.493 e. The molecule has 0 unspecified atom stereocenters. The Hall–Kier alpha value is -1.90. The molecule has 1 fully saturated rings. The van der Waals surface area contributed by atoms with Gasteiger partial charge in [-0.15, -0.1) is 0 Å². The van der Waals surface area contributed by atoms with E-state index in [0.29, 0.717) is 11.8 Å². The second-order valence-corrected chi connectivity index (χ2v) is 10.8. The first-order chi connectivity index (χ1) is 17.3. The maximum Gasteiger partial charge on any atom is 0.131 e. The van der Waals surface area contributed by atoms with E-state index in [1.807, 2.05) is 0 Å². The smallest absolute Gasteiger partial charge is 0.131 e. The molecule has 1 saturated carbocycles. The molecule has 0 N–H and O–H groups in total. The summed E-state index contributed by atoms with van der Waals surface area (Å²) < 4.78 is 6.16. The first kappa shape index (κ1) is 27.7. The number of rotatable bonds is 17. The van der Waals surface area contributed by atoms with Crippen molar-refractivity contribution in [1.82, 2.24) is 9.97 Å². The van der Waals surface area contributed by atoms with Crippen molar-refractivity contribution in [2.45, 2.75) is 129 Å². The van der Waals surface area contributed by atoms with Gasteiger partial charge >= 0.3 is 0 Å². The number of unbranched alkanes of at least 4 members (excludes halogenated alkanes) is 9. The van der Waals surface area contributed by atoms with Gasteiger partial charge in [-0.1, -0.05) is 83.8 Å². The summed E-state index contributed by atoms with van der Waals surface area (Å²) in [5.41, 5.74) is 2.73. The fourth-order valence-corrected chi connectivity index (χ4v) is 5.30. The highest BCUT2D eigenvalue weighted by atomic mass is 16.5. The lowest BCUT2D eigenvalue weighted by Crippen LogP contribution is -2.20. The largest absolute Gasteiger partial charge is 0.493 e. The number of hydrogen-bond acceptors (Lipinski definition) is 3. The number of benzene rings is 1. The Morgan fingerprint density at radius 3 is 1.86 bits per heavy atom. The van der Waals surface area contributed by atoms with Gasteiger partial charge in [0.25, 0.3) is 0 Å². The van der Waals surface area contributed by atoms with Crippen LogP contribution in [0.4, 0.5) is 0 Å². The summed E-state index contributed by atoms with van der Waals surface area (Å²) in [6.45, 7) is 5.37. The van der Waals surface area contributed by atoms with Gasteiger partial charge in [0, 0.05) is 18.3 Å². The zero-order valence-electron chi connectivity index (χ0n) is 22.6. The molecule has 1 aliphatic carbocycles. The lowest BCUT2D eigenvalue weighted by Gasteiger charge is -2.27. The predicted octanol–water partition coefficient (Wildman–Crippen LogP) is 9.25. The van der Waals surface area contributed by atoms with Gasteiger partial charge in [0.05, 0.1) is 6.61 Å². The summed E-state index contributed by atoms with van der Waals surface area (Å²) in [5, 5.41) is 0. The molecule has 0 bridgehead atoms. The van der Waals surface area contributed by atoms with E-state index >= 15 is 0 Å². The molecular weight excluding hydrogens is 428 g/mol. The van der Waals surface area contributed by atoms with E-state index < -0.39 is 0 Å². The Bertz CT molecular complexity index is 778. The van der Waals surface area contributed by atoms with Crippen LogP contribution in [0.1, 0.15) is 133 Å². The quantitative estimate of drug-likeness (QED) is 0.212. The molecule has 1 heterocycles. The SMILES string of the molecule is CCCCCCCCCCc1ccc(OC[C@H]2CC[C@H](c3ncc(CCCCC)cn3)CC2)cc1. The van der Waals surface area contributed by atoms with Crippen LogP contribution in [0.25, 0.3) is 0 Å². The summed E-state index contributed by atoms with van der Waals surface area (Å²) in [7, 11) is 0. The lowest BCUT2D eigenvalue weighted by atomic mass is 9.82. The van der Waals surface area contributed by atoms with Crippen molar-refractivity contribution >= 4 is 0 Å². The Balaban J connectivity index is 1.28. The molecule has 3 heteroatoms. The normalized spacial score (nSPS) is 18.0. The Morgan fingerprint density at radius 2 is 1.20 bits per heavy atom. The summed E-state index contributed by atoms with van der Waals surface area (Å²) in [5.74, 6) is 3.24. The molecule has 0 aliphatic heterocycles. The number of nitrogens with zero attached hydrogens (tertiary/aromatic N) is 2. The summed E-state index contributed by atoms with van der Waals surface area (Å²) in [4.78, 5) is 9.42. The van der Waals surface area contributed by atoms with E-state index in [-0.39, 0.29) is 0 Å². The predicted molar refractivity (Wildman–Crippen MR) is 148 cm³/mol. The molecule has 1 aromatic carbocycles. The Morgan fingerprint density at radius 1 is 0.657 bits per heavy atom. The first-order valence-corrected chi connectivity index (χ1v) is 14.8. The second-order valence-electron chi connectivity index (χ2n) is 10.8. The highest BCUT2D eigenvalue weighted by Gasteiger charge is 2.24. The zero-order valence-corrected chi connectivity index (χ0v) is 22.6. The molecule has 0 radical (unpaired) electrons. The molecule has 0 spiro atoms. The third-order valence-corrected chi connectivity index (χ3v) is 7.73. The average Bonchev–Trinajstić information content (AvgIpc) is 2.90.